The van der Waals surface area contributed by atoms with Gasteiger partial charge in [-0.3, -0.25) is 4.79 Å². The molecule has 16 heavy (non-hydrogen) atoms. The first-order valence-corrected chi connectivity index (χ1v) is 6.67. The minimum atomic E-state index is -0.0212. The van der Waals surface area contributed by atoms with E-state index in [4.69, 9.17) is 4.42 Å². The number of halogens is 1. The van der Waals surface area contributed by atoms with E-state index in [1.807, 2.05) is 0 Å². The van der Waals surface area contributed by atoms with Crippen LogP contribution in [0.3, 0.4) is 0 Å². The average Bonchev–Trinajstić information content (AvgIpc) is 2.89. The van der Waals surface area contributed by atoms with Crippen LogP contribution in [-0.4, -0.2) is 17.8 Å². The molecule has 1 heterocycles. The van der Waals surface area contributed by atoms with Gasteiger partial charge in [-0.2, -0.15) is 0 Å². The van der Waals surface area contributed by atoms with Gasteiger partial charge in [0.15, 0.2) is 0 Å². The second-order valence-corrected chi connectivity index (χ2v) is 5.31. The molecule has 88 valence electrons. The number of aryl methyl sites for hydroxylation is 1. The second kappa shape index (κ2) is 4.62. The van der Waals surface area contributed by atoms with Crippen LogP contribution in [0.1, 0.15) is 35.4 Å². The maximum Gasteiger partial charge on any atom is 0.254 e. The zero-order valence-electron chi connectivity index (χ0n) is 9.38. The highest BCUT2D eigenvalue weighted by atomic mass is 79.9. The zero-order valence-corrected chi connectivity index (χ0v) is 11.0. The third-order valence-corrected chi connectivity index (χ3v) is 3.71. The molecule has 0 saturated heterocycles. The van der Waals surface area contributed by atoms with E-state index in [0.29, 0.717) is 16.7 Å². The van der Waals surface area contributed by atoms with E-state index in [2.05, 4.69) is 21.2 Å². The van der Waals surface area contributed by atoms with Crippen LogP contribution in [0.2, 0.25) is 0 Å². The fourth-order valence-corrected chi connectivity index (χ4v) is 2.72. The van der Waals surface area contributed by atoms with Crippen molar-refractivity contribution in [2.75, 3.05) is 11.9 Å². The van der Waals surface area contributed by atoms with Crippen molar-refractivity contribution < 1.29 is 9.21 Å². The normalized spacial score (nSPS) is 17.1. The molecule has 1 aromatic heterocycles. The number of carbonyl (C=O) groups is 1. The minimum absolute atomic E-state index is 0.0212. The van der Waals surface area contributed by atoms with Gasteiger partial charge in [-0.1, -0.05) is 15.9 Å². The summed E-state index contributed by atoms with van der Waals surface area (Å²) in [6, 6.07) is 1.72. The summed E-state index contributed by atoms with van der Waals surface area (Å²) in [4.78, 5) is 11.8. The smallest absolute Gasteiger partial charge is 0.254 e. The molecule has 1 saturated carbocycles. The van der Waals surface area contributed by atoms with Gasteiger partial charge in [0.25, 0.3) is 5.91 Å². The van der Waals surface area contributed by atoms with Crippen molar-refractivity contribution in [1.29, 1.82) is 0 Å². The molecule has 0 unspecified atom stereocenters. The Bertz CT molecular complexity index is 382. The molecule has 1 aromatic rings. The second-order valence-electron chi connectivity index (χ2n) is 4.51. The summed E-state index contributed by atoms with van der Waals surface area (Å²) in [5.74, 6) is 0.662. The lowest BCUT2D eigenvalue weighted by Crippen LogP contribution is -2.30. The van der Waals surface area contributed by atoms with Crippen molar-refractivity contribution in [2.24, 2.45) is 5.41 Å². The summed E-state index contributed by atoms with van der Waals surface area (Å²) in [7, 11) is 0. The molecule has 1 N–H and O–H groups in total. The summed E-state index contributed by atoms with van der Waals surface area (Å²) in [5.41, 5.74) is 1.01. The lowest BCUT2D eigenvalue weighted by atomic mass is 10.0. The van der Waals surface area contributed by atoms with Gasteiger partial charge in [0.2, 0.25) is 0 Å². The third-order valence-electron chi connectivity index (χ3n) is 3.31. The number of alkyl halides is 1. The number of hydrogen-bond donors (Lipinski definition) is 1. The van der Waals surface area contributed by atoms with Crippen molar-refractivity contribution in [1.82, 2.24) is 5.32 Å². The zero-order chi connectivity index (χ0) is 11.6. The van der Waals surface area contributed by atoms with Crippen LogP contribution < -0.4 is 5.32 Å². The molecule has 2 rings (SSSR count). The van der Waals surface area contributed by atoms with Crippen molar-refractivity contribution in [3.05, 3.63) is 23.7 Å². The lowest BCUT2D eigenvalue weighted by Gasteiger charge is -2.14. The molecular weight excluding hydrogens is 270 g/mol. The Morgan fingerprint density at radius 2 is 2.38 bits per heavy atom. The van der Waals surface area contributed by atoms with Crippen molar-refractivity contribution in [2.45, 2.75) is 26.2 Å². The maximum atomic E-state index is 11.8. The Balaban J connectivity index is 1.87. The van der Waals surface area contributed by atoms with E-state index in [1.54, 1.807) is 19.3 Å². The number of nitrogens with one attached hydrogen (secondary N) is 1. The van der Waals surface area contributed by atoms with Gasteiger partial charge in [-0.25, -0.2) is 0 Å². The van der Waals surface area contributed by atoms with Crippen LogP contribution in [0.25, 0.3) is 0 Å². The van der Waals surface area contributed by atoms with E-state index in [1.165, 1.54) is 12.8 Å². The standard InChI is InChI=1S/C12H16BrNO2/c1-9-10(2-7-16-9)11(15)14-8-12(3-4-12)5-6-13/h2,7H,3-6,8H2,1H3,(H,14,15). The molecule has 1 amide bonds. The Hall–Kier alpha value is -0.770. The molecule has 0 aliphatic heterocycles. The first-order valence-electron chi connectivity index (χ1n) is 5.55. The molecule has 1 aliphatic rings. The van der Waals surface area contributed by atoms with Gasteiger partial charge >= 0.3 is 0 Å². The first-order chi connectivity index (χ1) is 7.67. The summed E-state index contributed by atoms with van der Waals surface area (Å²) in [5, 5.41) is 4.00. The van der Waals surface area contributed by atoms with Gasteiger partial charge in [-0.15, -0.1) is 0 Å². The monoisotopic (exact) mass is 285 g/mol. The van der Waals surface area contributed by atoms with E-state index in [0.717, 1.165) is 18.3 Å². The third kappa shape index (κ3) is 2.48. The van der Waals surface area contributed by atoms with Crippen LogP contribution >= 0.6 is 15.9 Å². The van der Waals surface area contributed by atoms with E-state index >= 15 is 0 Å². The predicted molar refractivity (Wildman–Crippen MR) is 65.9 cm³/mol. The Morgan fingerprint density at radius 3 is 2.88 bits per heavy atom. The summed E-state index contributed by atoms with van der Waals surface area (Å²) in [6.45, 7) is 2.59. The highest BCUT2D eigenvalue weighted by Crippen LogP contribution is 2.48. The molecule has 3 nitrogen and oxygen atoms in total. The highest BCUT2D eigenvalue weighted by Gasteiger charge is 2.41. The van der Waals surface area contributed by atoms with E-state index in [9.17, 15) is 4.79 Å². The molecule has 0 spiro atoms. The summed E-state index contributed by atoms with van der Waals surface area (Å²) >= 11 is 3.45. The van der Waals surface area contributed by atoms with Gasteiger partial charge in [0.1, 0.15) is 5.76 Å². The molecular formula is C12H16BrNO2. The Kier molecular flexibility index (Phi) is 3.38. The Labute approximate surface area is 104 Å². The SMILES string of the molecule is Cc1occc1C(=O)NCC1(CCBr)CC1. The summed E-state index contributed by atoms with van der Waals surface area (Å²) < 4.78 is 5.11. The molecule has 0 radical (unpaired) electrons. The molecule has 1 aliphatic carbocycles. The number of furan rings is 1. The van der Waals surface area contributed by atoms with Gasteiger partial charge < -0.3 is 9.73 Å². The largest absolute Gasteiger partial charge is 0.469 e. The fraction of sp³-hybridized carbons (Fsp3) is 0.583. The van der Waals surface area contributed by atoms with E-state index < -0.39 is 0 Å². The van der Waals surface area contributed by atoms with Crippen LogP contribution in [0.15, 0.2) is 16.7 Å². The van der Waals surface area contributed by atoms with Crippen molar-refractivity contribution >= 4 is 21.8 Å². The van der Waals surface area contributed by atoms with Crippen LogP contribution in [-0.2, 0) is 0 Å². The quantitative estimate of drug-likeness (QED) is 0.846. The summed E-state index contributed by atoms with van der Waals surface area (Å²) in [6.07, 6.45) is 5.14. The van der Waals surface area contributed by atoms with Crippen molar-refractivity contribution in [3.63, 3.8) is 0 Å². The Morgan fingerprint density at radius 1 is 1.62 bits per heavy atom. The molecule has 0 aromatic carbocycles. The van der Waals surface area contributed by atoms with Crippen LogP contribution in [0.4, 0.5) is 0 Å². The van der Waals surface area contributed by atoms with Crippen molar-refractivity contribution in [3.8, 4) is 0 Å². The lowest BCUT2D eigenvalue weighted by molar-refractivity contribution is 0.0943. The van der Waals surface area contributed by atoms with Gasteiger partial charge in [0, 0.05) is 11.9 Å². The molecule has 1 fully saturated rings. The predicted octanol–water partition coefficient (Wildman–Crippen LogP) is 2.88. The maximum absolute atomic E-state index is 11.8. The number of rotatable bonds is 5. The van der Waals surface area contributed by atoms with E-state index in [-0.39, 0.29) is 5.91 Å². The number of amides is 1. The number of carbonyl (C=O) groups excluding carboxylic acids is 1. The average molecular weight is 286 g/mol. The minimum Gasteiger partial charge on any atom is -0.469 e. The highest BCUT2D eigenvalue weighted by molar-refractivity contribution is 9.09. The van der Waals surface area contributed by atoms with Gasteiger partial charge in [0.05, 0.1) is 11.8 Å². The first kappa shape index (κ1) is 11.7. The van der Waals surface area contributed by atoms with Crippen LogP contribution in [0, 0.1) is 12.3 Å². The fourth-order valence-electron chi connectivity index (χ4n) is 1.88. The number of hydrogen-bond acceptors (Lipinski definition) is 2. The molecule has 0 bridgehead atoms. The molecule has 0 atom stereocenters. The molecule has 4 heteroatoms. The topological polar surface area (TPSA) is 42.2 Å². The van der Waals surface area contributed by atoms with Crippen LogP contribution in [0.5, 0.6) is 0 Å². The van der Waals surface area contributed by atoms with Gasteiger partial charge in [-0.05, 0) is 37.7 Å².